The molecule has 0 aromatic heterocycles. The fourth-order valence-corrected chi connectivity index (χ4v) is 3.72. The third-order valence-corrected chi connectivity index (χ3v) is 4.75. The van der Waals surface area contributed by atoms with E-state index >= 15 is 0 Å². The molecule has 0 amide bonds. The molecule has 1 saturated carbocycles. The molecule has 0 radical (unpaired) electrons. The molecule has 2 aliphatic heterocycles. The molecule has 5 atom stereocenters. The minimum absolute atomic E-state index is 0.0847. The first-order chi connectivity index (χ1) is 9.65. The van der Waals surface area contributed by atoms with E-state index in [0.717, 1.165) is 25.9 Å². The molecule has 0 aromatic carbocycles. The van der Waals surface area contributed by atoms with Gasteiger partial charge < -0.3 is 14.2 Å². The summed E-state index contributed by atoms with van der Waals surface area (Å²) < 4.78 is 17.5. The molecule has 4 nitrogen and oxygen atoms in total. The number of fused-ring (bicyclic) bond motifs is 2. The molecule has 0 unspecified atom stereocenters. The van der Waals surface area contributed by atoms with Gasteiger partial charge in [0.15, 0.2) is 0 Å². The van der Waals surface area contributed by atoms with E-state index in [0.29, 0.717) is 24.9 Å². The number of carbonyl (C=O) groups is 1. The van der Waals surface area contributed by atoms with Crippen LogP contribution in [0.5, 0.6) is 0 Å². The predicted octanol–water partition coefficient (Wildman–Crippen LogP) is 2.47. The molecular formula is C16H24O4. The zero-order valence-corrected chi connectivity index (χ0v) is 12.3. The molecule has 112 valence electrons. The van der Waals surface area contributed by atoms with Crippen molar-refractivity contribution < 1.29 is 19.0 Å². The predicted molar refractivity (Wildman–Crippen MR) is 74.2 cm³/mol. The van der Waals surface area contributed by atoms with Gasteiger partial charge in [-0.25, -0.2) is 0 Å². The molecular weight excluding hydrogens is 256 g/mol. The number of rotatable bonds is 3. The van der Waals surface area contributed by atoms with Crippen molar-refractivity contribution in [2.24, 2.45) is 11.8 Å². The topological polar surface area (TPSA) is 44.8 Å². The van der Waals surface area contributed by atoms with Crippen molar-refractivity contribution in [3.63, 3.8) is 0 Å². The Bertz CT molecular complexity index is 399. The Labute approximate surface area is 120 Å². The maximum atomic E-state index is 11.6. The number of allylic oxidation sites excluding steroid dienone is 1. The van der Waals surface area contributed by atoms with Gasteiger partial charge in [0.05, 0.1) is 12.7 Å². The van der Waals surface area contributed by atoms with Gasteiger partial charge in [-0.2, -0.15) is 0 Å². The van der Waals surface area contributed by atoms with E-state index in [4.69, 9.17) is 14.2 Å². The van der Waals surface area contributed by atoms with Crippen molar-refractivity contribution in [1.82, 2.24) is 0 Å². The third kappa shape index (κ3) is 2.77. The van der Waals surface area contributed by atoms with Crippen LogP contribution in [0.15, 0.2) is 11.6 Å². The second-order valence-corrected chi connectivity index (χ2v) is 6.45. The molecule has 2 heterocycles. The lowest BCUT2D eigenvalue weighted by atomic mass is 9.73. The Morgan fingerprint density at radius 2 is 2.10 bits per heavy atom. The van der Waals surface area contributed by atoms with Crippen molar-refractivity contribution >= 4 is 5.97 Å². The molecule has 2 saturated heterocycles. The molecule has 3 fully saturated rings. The summed E-state index contributed by atoms with van der Waals surface area (Å²) in [6.07, 6.45) is 5.69. The molecule has 4 heteroatoms. The van der Waals surface area contributed by atoms with E-state index in [1.54, 1.807) is 0 Å². The van der Waals surface area contributed by atoms with E-state index in [1.165, 1.54) is 5.57 Å². The van der Waals surface area contributed by atoms with Crippen molar-refractivity contribution in [2.75, 3.05) is 13.2 Å². The lowest BCUT2D eigenvalue weighted by molar-refractivity contribution is -0.196. The Kier molecular flexibility index (Phi) is 4.13. The standard InChI is InChI=1S/C16H24O4/c1-10(2)5-7-19-16-14-12(6-8-18-14)9-11-3-4-13(17)20-15(11)16/h5,11-12,14-16H,3-4,6-9H2,1-2H3/t11-,12+,14-,15-,16-/m0/s1. The van der Waals surface area contributed by atoms with Gasteiger partial charge >= 0.3 is 5.97 Å². The zero-order valence-electron chi connectivity index (χ0n) is 12.3. The Morgan fingerprint density at radius 3 is 2.90 bits per heavy atom. The van der Waals surface area contributed by atoms with E-state index in [-0.39, 0.29) is 24.3 Å². The van der Waals surface area contributed by atoms with Crippen molar-refractivity contribution in [3.05, 3.63) is 11.6 Å². The molecule has 0 N–H and O–H groups in total. The number of carbonyl (C=O) groups excluding carboxylic acids is 1. The molecule has 3 rings (SSSR count). The van der Waals surface area contributed by atoms with E-state index in [2.05, 4.69) is 19.9 Å². The molecule has 0 spiro atoms. The SMILES string of the molecule is CC(C)=CCO[C@H]1[C@H]2OCC[C@@H]2C[C@@H]2CCC(=O)O[C@@H]21. The average molecular weight is 280 g/mol. The van der Waals surface area contributed by atoms with Gasteiger partial charge in [0, 0.05) is 13.0 Å². The molecule has 0 aromatic rings. The van der Waals surface area contributed by atoms with Gasteiger partial charge in [0.25, 0.3) is 0 Å². The minimum atomic E-state index is -0.110. The maximum absolute atomic E-state index is 11.6. The van der Waals surface area contributed by atoms with Crippen LogP contribution < -0.4 is 0 Å². The van der Waals surface area contributed by atoms with Crippen LogP contribution in [-0.4, -0.2) is 37.5 Å². The van der Waals surface area contributed by atoms with E-state index in [9.17, 15) is 4.79 Å². The van der Waals surface area contributed by atoms with Crippen LogP contribution in [0.1, 0.15) is 39.5 Å². The quantitative estimate of drug-likeness (QED) is 0.588. The van der Waals surface area contributed by atoms with Crippen LogP contribution >= 0.6 is 0 Å². The Balaban J connectivity index is 1.73. The van der Waals surface area contributed by atoms with Gasteiger partial charge in [-0.05, 0) is 44.9 Å². The van der Waals surface area contributed by atoms with Crippen LogP contribution in [-0.2, 0) is 19.0 Å². The van der Waals surface area contributed by atoms with Crippen LogP contribution in [0.3, 0.4) is 0 Å². The lowest BCUT2D eigenvalue weighted by Crippen LogP contribution is -2.54. The van der Waals surface area contributed by atoms with Crippen molar-refractivity contribution in [2.45, 2.75) is 57.8 Å². The summed E-state index contributed by atoms with van der Waals surface area (Å²) in [6, 6.07) is 0. The second-order valence-electron chi connectivity index (χ2n) is 6.45. The van der Waals surface area contributed by atoms with Gasteiger partial charge in [0.2, 0.25) is 0 Å². The van der Waals surface area contributed by atoms with Crippen LogP contribution in [0, 0.1) is 11.8 Å². The lowest BCUT2D eigenvalue weighted by Gasteiger charge is -2.45. The average Bonchev–Trinajstić information content (AvgIpc) is 2.86. The van der Waals surface area contributed by atoms with Crippen molar-refractivity contribution in [3.8, 4) is 0 Å². The summed E-state index contributed by atoms with van der Waals surface area (Å²) in [6.45, 7) is 5.50. The fraction of sp³-hybridized carbons (Fsp3) is 0.812. The van der Waals surface area contributed by atoms with Gasteiger partial charge in [-0.3, -0.25) is 4.79 Å². The van der Waals surface area contributed by atoms with E-state index in [1.807, 2.05) is 0 Å². The summed E-state index contributed by atoms with van der Waals surface area (Å²) in [4.78, 5) is 11.6. The van der Waals surface area contributed by atoms with Crippen molar-refractivity contribution in [1.29, 1.82) is 0 Å². The maximum Gasteiger partial charge on any atom is 0.306 e. The Hall–Kier alpha value is -0.870. The molecule has 0 bridgehead atoms. The van der Waals surface area contributed by atoms with Crippen LogP contribution in [0.2, 0.25) is 0 Å². The number of hydrogen-bond donors (Lipinski definition) is 0. The number of ether oxygens (including phenoxy) is 3. The van der Waals surface area contributed by atoms with Crippen LogP contribution in [0.4, 0.5) is 0 Å². The smallest absolute Gasteiger partial charge is 0.306 e. The summed E-state index contributed by atoms with van der Waals surface area (Å²) in [7, 11) is 0. The highest BCUT2D eigenvalue weighted by molar-refractivity contribution is 5.70. The second kappa shape index (κ2) is 5.86. The van der Waals surface area contributed by atoms with Crippen LogP contribution in [0.25, 0.3) is 0 Å². The van der Waals surface area contributed by atoms with Gasteiger partial charge in [0.1, 0.15) is 12.2 Å². The number of hydrogen-bond acceptors (Lipinski definition) is 4. The first-order valence-corrected chi connectivity index (χ1v) is 7.71. The largest absolute Gasteiger partial charge is 0.459 e. The highest BCUT2D eigenvalue weighted by atomic mass is 16.6. The first-order valence-electron chi connectivity index (χ1n) is 7.71. The van der Waals surface area contributed by atoms with Gasteiger partial charge in [-0.1, -0.05) is 11.6 Å². The highest BCUT2D eigenvalue weighted by Gasteiger charge is 2.51. The highest BCUT2D eigenvalue weighted by Crippen LogP contribution is 2.43. The molecule has 20 heavy (non-hydrogen) atoms. The summed E-state index contributed by atoms with van der Waals surface area (Å²) >= 11 is 0. The summed E-state index contributed by atoms with van der Waals surface area (Å²) in [5.41, 5.74) is 1.24. The molecule has 1 aliphatic carbocycles. The summed E-state index contributed by atoms with van der Waals surface area (Å²) in [5, 5.41) is 0. The molecule has 3 aliphatic rings. The fourth-order valence-electron chi connectivity index (χ4n) is 3.72. The Morgan fingerprint density at radius 1 is 1.30 bits per heavy atom. The minimum Gasteiger partial charge on any atom is -0.459 e. The zero-order chi connectivity index (χ0) is 14.1. The third-order valence-electron chi connectivity index (χ3n) is 4.75. The van der Waals surface area contributed by atoms with E-state index < -0.39 is 0 Å². The van der Waals surface area contributed by atoms with Gasteiger partial charge in [-0.15, -0.1) is 0 Å². The monoisotopic (exact) mass is 280 g/mol. The summed E-state index contributed by atoms with van der Waals surface area (Å²) in [5.74, 6) is 0.940. The first kappa shape index (κ1) is 14.1. The normalized spacial score (nSPS) is 39.7. The number of esters is 1.